The number of hydrogen-bond donors (Lipinski definition) is 0. The van der Waals surface area contributed by atoms with Gasteiger partial charge in [0.15, 0.2) is 11.6 Å². The minimum Gasteiger partial charge on any atom is -0.295 e. The molecule has 1 aromatic rings. The number of rotatable bonds is 1. The standard InChI is InChI=1S/C33H41N3O3/c1-20-22-7-8-31(5)25(30(22,4)16-21(18-34)27(20)38)15-24(37)26-23-17-29(2,3)9-11-33(23,12-10-32(26,31)6)28(39)36-14-13-35-19-36/h13-16,19-20,22-23,26H,7-12,17H2,1-6H3/t20?,22-,23?,26?,30?,31+,32+,33?/m0/s1. The summed E-state index contributed by atoms with van der Waals surface area (Å²) in [4.78, 5) is 45.8. The molecular formula is C33H41N3O3. The average Bonchev–Trinajstić information content (AvgIpc) is 3.42. The Morgan fingerprint density at radius 2 is 1.77 bits per heavy atom. The van der Waals surface area contributed by atoms with Crippen LogP contribution in [0, 0.1) is 62.1 Å². The van der Waals surface area contributed by atoms with Gasteiger partial charge < -0.3 is 0 Å². The zero-order valence-corrected chi connectivity index (χ0v) is 24.2. The van der Waals surface area contributed by atoms with Crippen LogP contribution in [0.1, 0.15) is 91.3 Å². The van der Waals surface area contributed by atoms with E-state index in [4.69, 9.17) is 0 Å². The summed E-state index contributed by atoms with van der Waals surface area (Å²) in [5, 5.41) is 9.81. The quantitative estimate of drug-likeness (QED) is 0.424. The van der Waals surface area contributed by atoms with Crippen LogP contribution in [0.2, 0.25) is 0 Å². The third-order valence-corrected chi connectivity index (χ3v) is 12.7. The van der Waals surface area contributed by atoms with E-state index in [-0.39, 0.29) is 63.0 Å². The molecule has 39 heavy (non-hydrogen) atoms. The van der Waals surface area contributed by atoms with Crippen LogP contribution in [0.15, 0.2) is 42.0 Å². The molecule has 1 aromatic heterocycles. The smallest absolute Gasteiger partial charge is 0.238 e. The van der Waals surface area contributed by atoms with Gasteiger partial charge in [-0.25, -0.2) is 4.98 Å². The first-order chi connectivity index (χ1) is 18.2. The fourth-order valence-corrected chi connectivity index (χ4v) is 10.3. The average molecular weight is 528 g/mol. The fraction of sp³-hybridized carbons (Fsp3) is 0.667. The number of aromatic nitrogens is 2. The maximum Gasteiger partial charge on any atom is 0.238 e. The lowest BCUT2D eigenvalue weighted by atomic mass is 9.34. The van der Waals surface area contributed by atoms with Crippen LogP contribution in [0.5, 0.6) is 0 Å². The van der Waals surface area contributed by atoms with Gasteiger partial charge in [-0.05, 0) is 79.1 Å². The Kier molecular flexibility index (Phi) is 5.50. The Morgan fingerprint density at radius 1 is 1.05 bits per heavy atom. The molecule has 6 heteroatoms. The summed E-state index contributed by atoms with van der Waals surface area (Å²) in [6.07, 6.45) is 14.8. The maximum atomic E-state index is 14.5. The lowest BCUT2D eigenvalue weighted by Gasteiger charge is -2.68. The van der Waals surface area contributed by atoms with Crippen molar-refractivity contribution in [3.8, 4) is 6.07 Å². The molecule has 0 aromatic carbocycles. The van der Waals surface area contributed by atoms with E-state index in [2.05, 4.69) is 45.7 Å². The number of allylic oxidation sites excluding steroid dienone is 4. The molecule has 6 nitrogen and oxygen atoms in total. The van der Waals surface area contributed by atoms with Crippen LogP contribution in [0.25, 0.3) is 0 Å². The molecule has 0 amide bonds. The van der Waals surface area contributed by atoms with Crippen molar-refractivity contribution in [3.05, 3.63) is 42.0 Å². The normalized spacial score (nSPS) is 44.5. The number of Topliss-reactive ketones (excluding diaryl/α,β-unsaturated/α-hetero) is 1. The van der Waals surface area contributed by atoms with E-state index < -0.39 is 10.8 Å². The van der Waals surface area contributed by atoms with Crippen LogP contribution < -0.4 is 0 Å². The molecule has 0 bridgehead atoms. The highest BCUT2D eigenvalue weighted by atomic mass is 16.2. The van der Waals surface area contributed by atoms with Crippen molar-refractivity contribution < 1.29 is 14.4 Å². The van der Waals surface area contributed by atoms with Crippen molar-refractivity contribution in [3.63, 3.8) is 0 Å². The van der Waals surface area contributed by atoms with Gasteiger partial charge in [-0.2, -0.15) is 5.26 Å². The summed E-state index contributed by atoms with van der Waals surface area (Å²) in [6.45, 7) is 13.3. The summed E-state index contributed by atoms with van der Waals surface area (Å²) < 4.78 is 1.64. The summed E-state index contributed by atoms with van der Waals surface area (Å²) in [6, 6.07) is 2.16. The molecule has 5 aliphatic rings. The predicted octanol–water partition coefficient (Wildman–Crippen LogP) is 6.35. The van der Waals surface area contributed by atoms with Gasteiger partial charge in [0.05, 0.1) is 11.0 Å². The molecule has 0 aliphatic heterocycles. The first kappa shape index (κ1) is 26.4. The molecule has 0 saturated heterocycles. The van der Waals surface area contributed by atoms with E-state index in [0.717, 1.165) is 50.5 Å². The van der Waals surface area contributed by atoms with Gasteiger partial charge in [0.2, 0.25) is 5.91 Å². The van der Waals surface area contributed by atoms with E-state index in [1.54, 1.807) is 23.3 Å². The molecule has 0 N–H and O–H groups in total. The van der Waals surface area contributed by atoms with Crippen LogP contribution in [0.3, 0.4) is 0 Å². The molecule has 8 atom stereocenters. The van der Waals surface area contributed by atoms with Gasteiger partial charge >= 0.3 is 0 Å². The molecule has 0 radical (unpaired) electrons. The molecule has 0 spiro atoms. The SMILES string of the molecule is CC1C(=O)C(C#N)=CC2(C)C3=CC(=O)C4C5CC(C)(C)CCC5(C(=O)n5ccnc5)CC[C@@]4(C)[C@]3(C)CC[C@@H]12. The van der Waals surface area contributed by atoms with E-state index in [1.165, 1.54) is 0 Å². The van der Waals surface area contributed by atoms with Gasteiger partial charge in [0, 0.05) is 29.6 Å². The number of nitriles is 1. The van der Waals surface area contributed by atoms with Gasteiger partial charge in [0.1, 0.15) is 12.4 Å². The van der Waals surface area contributed by atoms with Gasteiger partial charge in [-0.3, -0.25) is 19.0 Å². The molecule has 3 saturated carbocycles. The minimum absolute atomic E-state index is 0.0420. The molecule has 5 aliphatic carbocycles. The number of nitrogens with zero attached hydrogens (tertiary/aromatic N) is 3. The van der Waals surface area contributed by atoms with Crippen molar-refractivity contribution in [1.29, 1.82) is 5.26 Å². The zero-order valence-electron chi connectivity index (χ0n) is 24.2. The van der Waals surface area contributed by atoms with Crippen LogP contribution in [-0.4, -0.2) is 27.0 Å². The first-order valence-electron chi connectivity index (χ1n) is 14.7. The van der Waals surface area contributed by atoms with E-state index >= 15 is 0 Å². The summed E-state index contributed by atoms with van der Waals surface area (Å²) in [7, 11) is 0. The van der Waals surface area contributed by atoms with Gasteiger partial charge in [-0.15, -0.1) is 0 Å². The maximum absolute atomic E-state index is 14.5. The van der Waals surface area contributed by atoms with Gasteiger partial charge in [-0.1, -0.05) is 53.2 Å². The number of hydrogen-bond acceptors (Lipinski definition) is 5. The molecule has 6 rings (SSSR count). The third-order valence-electron chi connectivity index (χ3n) is 12.7. The molecule has 3 fully saturated rings. The second-order valence-electron chi connectivity index (χ2n) is 14.8. The van der Waals surface area contributed by atoms with Crippen LogP contribution in [0.4, 0.5) is 0 Å². The van der Waals surface area contributed by atoms with Crippen LogP contribution in [-0.2, 0) is 9.59 Å². The lowest BCUT2D eigenvalue weighted by molar-refractivity contribution is -0.162. The Labute approximate surface area is 231 Å². The first-order valence-corrected chi connectivity index (χ1v) is 14.7. The fourth-order valence-electron chi connectivity index (χ4n) is 10.3. The Balaban J connectivity index is 1.52. The molecule has 1 heterocycles. The van der Waals surface area contributed by atoms with Crippen molar-refractivity contribution in [1.82, 2.24) is 9.55 Å². The summed E-state index contributed by atoms with van der Waals surface area (Å²) in [5.74, 6) is -0.296. The van der Waals surface area contributed by atoms with Crippen molar-refractivity contribution >= 4 is 17.5 Å². The lowest BCUT2D eigenvalue weighted by Crippen LogP contribution is -2.65. The summed E-state index contributed by atoms with van der Waals surface area (Å²) >= 11 is 0. The number of imidazole rings is 1. The van der Waals surface area contributed by atoms with Crippen molar-refractivity contribution in [2.24, 2.45) is 50.7 Å². The van der Waals surface area contributed by atoms with Gasteiger partial charge in [0.25, 0.3) is 0 Å². The highest BCUT2D eigenvalue weighted by molar-refractivity contribution is 6.02. The second kappa shape index (κ2) is 8.12. The minimum atomic E-state index is -0.571. The van der Waals surface area contributed by atoms with E-state index in [9.17, 15) is 19.6 Å². The van der Waals surface area contributed by atoms with E-state index in [1.807, 2.05) is 19.1 Å². The topological polar surface area (TPSA) is 92.8 Å². The largest absolute Gasteiger partial charge is 0.295 e. The highest BCUT2D eigenvalue weighted by Crippen LogP contribution is 2.73. The zero-order chi connectivity index (χ0) is 28.2. The molecule has 206 valence electrons. The predicted molar refractivity (Wildman–Crippen MR) is 147 cm³/mol. The number of fused-ring (bicyclic) bond motifs is 7. The third kappa shape index (κ3) is 3.25. The van der Waals surface area contributed by atoms with Crippen molar-refractivity contribution in [2.75, 3.05) is 0 Å². The second-order valence-corrected chi connectivity index (χ2v) is 14.8. The highest BCUT2D eigenvalue weighted by Gasteiger charge is 2.70. The number of carbonyl (C=O) groups is 3. The molecule has 5 unspecified atom stereocenters. The summed E-state index contributed by atoms with van der Waals surface area (Å²) in [5.41, 5.74) is -0.274. The Bertz CT molecular complexity index is 1380. The molecular weight excluding hydrogens is 486 g/mol. The van der Waals surface area contributed by atoms with Crippen molar-refractivity contribution in [2.45, 2.75) is 86.5 Å². The monoisotopic (exact) mass is 527 g/mol. The Hall–Kier alpha value is -2.81. The number of ketones is 2. The Morgan fingerprint density at radius 3 is 2.44 bits per heavy atom. The number of carbonyl (C=O) groups excluding carboxylic acids is 3. The van der Waals surface area contributed by atoms with E-state index in [0.29, 0.717) is 0 Å². The van der Waals surface area contributed by atoms with Crippen LogP contribution >= 0.6 is 0 Å².